The molecule has 6 nitrogen and oxygen atoms in total. The average Bonchev–Trinajstić information content (AvgIpc) is 3.10. The zero-order chi connectivity index (χ0) is 15.1. The van der Waals surface area contributed by atoms with E-state index in [2.05, 4.69) is 19.7 Å². The highest BCUT2D eigenvalue weighted by molar-refractivity contribution is 7.11. The Balaban J connectivity index is 1.53. The van der Waals surface area contributed by atoms with Crippen molar-refractivity contribution in [2.45, 2.75) is 44.6 Å². The highest BCUT2D eigenvalue weighted by Gasteiger charge is 2.33. The number of likely N-dealkylation sites (tertiary alicyclic amines) is 1. The fourth-order valence-corrected chi connectivity index (χ4v) is 3.97. The minimum Gasteiger partial charge on any atom is -0.337 e. The van der Waals surface area contributed by atoms with E-state index in [0.717, 1.165) is 42.3 Å². The fourth-order valence-electron chi connectivity index (χ4n) is 3.20. The number of amides is 1. The minimum absolute atomic E-state index is 0.113. The first-order valence-corrected chi connectivity index (χ1v) is 8.70. The third-order valence-electron chi connectivity index (χ3n) is 4.55. The molecule has 0 unspecified atom stereocenters. The molecule has 1 atom stereocenters. The van der Waals surface area contributed by atoms with Gasteiger partial charge in [0.05, 0.1) is 11.2 Å². The van der Waals surface area contributed by atoms with Crippen molar-refractivity contribution in [1.82, 2.24) is 24.6 Å². The maximum absolute atomic E-state index is 12.7. The summed E-state index contributed by atoms with van der Waals surface area (Å²) in [5.74, 6) is 1.47. The van der Waals surface area contributed by atoms with E-state index in [-0.39, 0.29) is 5.91 Å². The van der Waals surface area contributed by atoms with Crippen LogP contribution in [-0.4, -0.2) is 43.6 Å². The van der Waals surface area contributed by atoms with Gasteiger partial charge in [0.15, 0.2) is 0 Å². The van der Waals surface area contributed by atoms with E-state index in [4.69, 9.17) is 0 Å². The maximum Gasteiger partial charge on any atom is 0.265 e. The van der Waals surface area contributed by atoms with Crippen LogP contribution in [0.15, 0.2) is 11.8 Å². The SMILES string of the molecule is Cc1ncsc1C(=O)N1CCC[C@H](c2nncn2C2CC2)C1. The standard InChI is InChI=1S/C15H19N5OS/c1-10-13(22-9-16-10)15(21)19-6-2-3-11(7-19)14-18-17-8-20(14)12-4-5-12/h8-9,11-12H,2-7H2,1H3/t11-/m0/s1. The summed E-state index contributed by atoms with van der Waals surface area (Å²) in [7, 11) is 0. The van der Waals surface area contributed by atoms with Gasteiger partial charge in [0, 0.05) is 25.0 Å². The lowest BCUT2D eigenvalue weighted by molar-refractivity contribution is 0.0707. The normalized spacial score (nSPS) is 22.0. The number of hydrogen-bond acceptors (Lipinski definition) is 5. The number of thiazole rings is 1. The molecule has 22 heavy (non-hydrogen) atoms. The number of aromatic nitrogens is 4. The van der Waals surface area contributed by atoms with Crippen molar-refractivity contribution >= 4 is 17.2 Å². The Hall–Kier alpha value is -1.76. The van der Waals surface area contributed by atoms with Gasteiger partial charge < -0.3 is 9.47 Å². The summed E-state index contributed by atoms with van der Waals surface area (Å²) >= 11 is 1.43. The second-order valence-electron chi connectivity index (χ2n) is 6.18. The van der Waals surface area contributed by atoms with Crippen molar-refractivity contribution in [1.29, 1.82) is 0 Å². The second-order valence-corrected chi connectivity index (χ2v) is 7.04. The first-order valence-electron chi connectivity index (χ1n) is 7.83. The molecule has 1 saturated carbocycles. The van der Waals surface area contributed by atoms with E-state index in [1.807, 2.05) is 18.2 Å². The van der Waals surface area contributed by atoms with Crippen LogP contribution in [0.5, 0.6) is 0 Å². The van der Waals surface area contributed by atoms with Crippen LogP contribution in [-0.2, 0) is 0 Å². The molecule has 1 saturated heterocycles. The molecule has 116 valence electrons. The molecule has 1 aliphatic carbocycles. The van der Waals surface area contributed by atoms with E-state index < -0.39 is 0 Å². The summed E-state index contributed by atoms with van der Waals surface area (Å²) in [6.45, 7) is 3.46. The lowest BCUT2D eigenvalue weighted by Gasteiger charge is -2.32. The Bertz CT molecular complexity index is 690. The van der Waals surface area contributed by atoms with Crippen molar-refractivity contribution in [2.75, 3.05) is 13.1 Å². The van der Waals surface area contributed by atoms with E-state index in [0.29, 0.717) is 12.0 Å². The molecule has 0 spiro atoms. The van der Waals surface area contributed by atoms with Crippen LogP contribution in [0.25, 0.3) is 0 Å². The number of rotatable bonds is 3. The lowest BCUT2D eigenvalue weighted by atomic mass is 9.97. The predicted molar refractivity (Wildman–Crippen MR) is 83.0 cm³/mol. The van der Waals surface area contributed by atoms with Crippen molar-refractivity contribution in [2.24, 2.45) is 0 Å². The van der Waals surface area contributed by atoms with Crippen LogP contribution in [0.3, 0.4) is 0 Å². The summed E-state index contributed by atoms with van der Waals surface area (Å²) in [6.07, 6.45) is 6.39. The highest BCUT2D eigenvalue weighted by Crippen LogP contribution is 2.38. The van der Waals surface area contributed by atoms with Crippen molar-refractivity contribution in [3.63, 3.8) is 0 Å². The van der Waals surface area contributed by atoms with Crippen LogP contribution in [0, 0.1) is 6.92 Å². The third kappa shape index (κ3) is 2.43. The second kappa shape index (κ2) is 5.46. The van der Waals surface area contributed by atoms with Gasteiger partial charge in [-0.1, -0.05) is 0 Å². The number of nitrogens with zero attached hydrogens (tertiary/aromatic N) is 5. The molecule has 0 N–H and O–H groups in total. The van der Waals surface area contributed by atoms with Gasteiger partial charge in [-0.3, -0.25) is 4.79 Å². The molecular formula is C15H19N5OS. The average molecular weight is 317 g/mol. The largest absolute Gasteiger partial charge is 0.337 e. The van der Waals surface area contributed by atoms with Crippen LogP contribution >= 0.6 is 11.3 Å². The molecule has 1 aliphatic heterocycles. The summed E-state index contributed by atoms with van der Waals surface area (Å²) in [5, 5.41) is 8.43. The lowest BCUT2D eigenvalue weighted by Crippen LogP contribution is -2.39. The highest BCUT2D eigenvalue weighted by atomic mass is 32.1. The maximum atomic E-state index is 12.7. The number of hydrogen-bond donors (Lipinski definition) is 0. The number of piperidine rings is 1. The third-order valence-corrected chi connectivity index (χ3v) is 5.47. The Morgan fingerprint density at radius 3 is 2.95 bits per heavy atom. The van der Waals surface area contributed by atoms with Gasteiger partial charge in [-0.05, 0) is 32.6 Å². The summed E-state index contributed by atoms with van der Waals surface area (Å²) in [5.41, 5.74) is 2.58. The van der Waals surface area contributed by atoms with Gasteiger partial charge in [0.1, 0.15) is 17.0 Å². The zero-order valence-electron chi connectivity index (χ0n) is 12.6. The molecule has 1 amide bonds. The van der Waals surface area contributed by atoms with Gasteiger partial charge in [0.25, 0.3) is 5.91 Å². The Labute approximate surface area is 133 Å². The van der Waals surface area contributed by atoms with Crippen molar-refractivity contribution in [3.05, 3.63) is 28.2 Å². The molecule has 7 heteroatoms. The monoisotopic (exact) mass is 317 g/mol. The van der Waals surface area contributed by atoms with E-state index >= 15 is 0 Å². The van der Waals surface area contributed by atoms with Gasteiger partial charge in [-0.25, -0.2) is 4.98 Å². The Morgan fingerprint density at radius 1 is 1.36 bits per heavy atom. The molecule has 2 aromatic rings. The molecule has 2 aromatic heterocycles. The number of carbonyl (C=O) groups is 1. The molecule has 2 aliphatic rings. The molecule has 0 aromatic carbocycles. The quantitative estimate of drug-likeness (QED) is 0.872. The number of aryl methyl sites for hydroxylation is 1. The minimum atomic E-state index is 0.113. The van der Waals surface area contributed by atoms with Gasteiger partial charge in [0.2, 0.25) is 0 Å². The van der Waals surface area contributed by atoms with Gasteiger partial charge in [-0.2, -0.15) is 0 Å². The van der Waals surface area contributed by atoms with Gasteiger partial charge >= 0.3 is 0 Å². The molecule has 0 bridgehead atoms. The molecule has 3 heterocycles. The summed E-state index contributed by atoms with van der Waals surface area (Å²) in [6, 6.07) is 0.583. The zero-order valence-corrected chi connectivity index (χ0v) is 13.4. The van der Waals surface area contributed by atoms with Crippen LogP contribution in [0.2, 0.25) is 0 Å². The first-order chi connectivity index (χ1) is 10.7. The summed E-state index contributed by atoms with van der Waals surface area (Å²) < 4.78 is 2.22. The van der Waals surface area contributed by atoms with Crippen LogP contribution < -0.4 is 0 Å². The molecule has 2 fully saturated rings. The van der Waals surface area contributed by atoms with Gasteiger partial charge in [-0.15, -0.1) is 21.5 Å². The Kier molecular flexibility index (Phi) is 3.44. The van der Waals surface area contributed by atoms with E-state index in [1.165, 1.54) is 24.2 Å². The van der Waals surface area contributed by atoms with E-state index in [1.54, 1.807) is 5.51 Å². The van der Waals surface area contributed by atoms with Crippen LogP contribution in [0.4, 0.5) is 0 Å². The molecular weight excluding hydrogens is 298 g/mol. The smallest absolute Gasteiger partial charge is 0.265 e. The molecule has 4 rings (SSSR count). The number of carbonyl (C=O) groups excluding carboxylic acids is 1. The van der Waals surface area contributed by atoms with Crippen molar-refractivity contribution < 1.29 is 4.79 Å². The fraction of sp³-hybridized carbons (Fsp3) is 0.600. The first kappa shape index (κ1) is 13.9. The van der Waals surface area contributed by atoms with E-state index in [9.17, 15) is 4.79 Å². The molecule has 0 radical (unpaired) electrons. The Morgan fingerprint density at radius 2 is 2.23 bits per heavy atom. The van der Waals surface area contributed by atoms with Crippen LogP contribution in [0.1, 0.15) is 58.8 Å². The van der Waals surface area contributed by atoms with Crippen molar-refractivity contribution in [3.8, 4) is 0 Å². The summed E-state index contributed by atoms with van der Waals surface area (Å²) in [4.78, 5) is 19.6. The topological polar surface area (TPSA) is 63.9 Å². The predicted octanol–water partition coefficient (Wildman–Crippen LogP) is 2.40.